The summed E-state index contributed by atoms with van der Waals surface area (Å²) in [5.74, 6) is 0.832. The maximum Gasteiger partial charge on any atom is 0.323 e. The highest BCUT2D eigenvalue weighted by atomic mass is 16.5. The van der Waals surface area contributed by atoms with Gasteiger partial charge in [-0.3, -0.25) is 5.32 Å². The lowest BCUT2D eigenvalue weighted by molar-refractivity contribution is 0.0457. The van der Waals surface area contributed by atoms with Gasteiger partial charge in [-0.15, -0.1) is 0 Å². The summed E-state index contributed by atoms with van der Waals surface area (Å²) in [5.41, 5.74) is 0.958. The van der Waals surface area contributed by atoms with Crippen LogP contribution in [0.15, 0.2) is 6.07 Å². The third-order valence-corrected chi connectivity index (χ3v) is 5.01. The van der Waals surface area contributed by atoms with Gasteiger partial charge < -0.3 is 9.64 Å². The summed E-state index contributed by atoms with van der Waals surface area (Å²) in [5, 5.41) is 7.70. The second-order valence-electron chi connectivity index (χ2n) is 6.78. The van der Waals surface area contributed by atoms with Crippen molar-refractivity contribution in [3.8, 4) is 0 Å². The summed E-state index contributed by atoms with van der Waals surface area (Å²) in [7, 11) is 1.72. The topological polar surface area (TPSA) is 59.4 Å². The molecular weight excluding hydrogens is 292 g/mol. The zero-order chi connectivity index (χ0) is 16.2. The van der Waals surface area contributed by atoms with E-state index in [1.165, 1.54) is 19.3 Å². The maximum atomic E-state index is 12.6. The summed E-state index contributed by atoms with van der Waals surface area (Å²) >= 11 is 0. The van der Waals surface area contributed by atoms with E-state index in [4.69, 9.17) is 4.74 Å². The zero-order valence-electron chi connectivity index (χ0n) is 14.3. The van der Waals surface area contributed by atoms with Gasteiger partial charge in [0.25, 0.3) is 0 Å². The summed E-state index contributed by atoms with van der Waals surface area (Å²) < 4.78 is 7.44. The molecule has 23 heavy (non-hydrogen) atoms. The average molecular weight is 320 g/mol. The van der Waals surface area contributed by atoms with Gasteiger partial charge in [0.15, 0.2) is 0 Å². The van der Waals surface area contributed by atoms with Gasteiger partial charge in [0, 0.05) is 26.3 Å². The van der Waals surface area contributed by atoms with Gasteiger partial charge in [-0.05, 0) is 32.6 Å². The van der Waals surface area contributed by atoms with Crippen molar-refractivity contribution in [3.63, 3.8) is 0 Å². The van der Waals surface area contributed by atoms with Gasteiger partial charge in [0.1, 0.15) is 5.82 Å². The predicted octanol–water partition coefficient (Wildman–Crippen LogP) is 3.34. The lowest BCUT2D eigenvalue weighted by atomic mass is 9.96. The smallest absolute Gasteiger partial charge is 0.323 e. The Balaban J connectivity index is 1.68. The molecule has 1 aromatic heterocycles. The van der Waals surface area contributed by atoms with Gasteiger partial charge in [0.05, 0.1) is 17.8 Å². The van der Waals surface area contributed by atoms with Crippen LogP contribution >= 0.6 is 0 Å². The van der Waals surface area contributed by atoms with Gasteiger partial charge in [-0.1, -0.05) is 19.3 Å². The van der Waals surface area contributed by atoms with E-state index < -0.39 is 0 Å². The number of nitrogens with one attached hydrogen (secondary N) is 1. The molecule has 2 aliphatic rings. The highest BCUT2D eigenvalue weighted by Gasteiger charge is 2.25. The molecule has 1 aliphatic heterocycles. The van der Waals surface area contributed by atoms with Crippen molar-refractivity contribution in [2.45, 2.75) is 64.0 Å². The highest BCUT2D eigenvalue weighted by Crippen LogP contribution is 2.30. The van der Waals surface area contributed by atoms with Crippen LogP contribution in [0.4, 0.5) is 10.6 Å². The number of ether oxygens (including phenoxy) is 1. The van der Waals surface area contributed by atoms with Crippen molar-refractivity contribution in [2.75, 3.05) is 25.5 Å². The maximum absolute atomic E-state index is 12.6. The molecule has 2 amide bonds. The number of nitrogens with zero attached hydrogens (tertiary/aromatic N) is 3. The number of rotatable bonds is 3. The molecule has 6 nitrogen and oxygen atoms in total. The van der Waals surface area contributed by atoms with Crippen LogP contribution in [0, 0.1) is 6.92 Å². The van der Waals surface area contributed by atoms with Crippen LogP contribution in [0.3, 0.4) is 0 Å². The lowest BCUT2D eigenvalue weighted by Crippen LogP contribution is -2.45. The van der Waals surface area contributed by atoms with E-state index in [-0.39, 0.29) is 12.1 Å². The Kier molecular flexibility index (Phi) is 5.20. The number of amides is 2. The zero-order valence-corrected chi connectivity index (χ0v) is 14.3. The molecule has 1 saturated carbocycles. The number of carbonyl (C=O) groups is 1. The Morgan fingerprint density at radius 1 is 1.26 bits per heavy atom. The second kappa shape index (κ2) is 7.34. The van der Waals surface area contributed by atoms with Crippen molar-refractivity contribution in [2.24, 2.45) is 0 Å². The molecule has 0 unspecified atom stereocenters. The molecule has 6 heteroatoms. The van der Waals surface area contributed by atoms with Crippen LogP contribution in [-0.4, -0.2) is 47.0 Å². The predicted molar refractivity (Wildman–Crippen MR) is 89.7 cm³/mol. The number of hydrogen-bond donors (Lipinski definition) is 1. The van der Waals surface area contributed by atoms with E-state index in [9.17, 15) is 4.79 Å². The molecule has 1 aromatic rings. The molecule has 2 fully saturated rings. The first-order chi connectivity index (χ1) is 11.2. The summed E-state index contributed by atoms with van der Waals surface area (Å²) in [6, 6.07) is 2.36. The molecule has 0 radical (unpaired) electrons. The van der Waals surface area contributed by atoms with Gasteiger partial charge in [-0.2, -0.15) is 5.10 Å². The monoisotopic (exact) mass is 320 g/mol. The SMILES string of the molecule is CO[C@H]1CCCN(C(=O)Nc2cc(C)nn2C2CCCCC2)C1. The fraction of sp³-hybridized carbons (Fsp3) is 0.765. The number of aromatic nitrogens is 2. The lowest BCUT2D eigenvalue weighted by Gasteiger charge is -2.32. The first-order valence-electron chi connectivity index (χ1n) is 8.82. The van der Waals surface area contributed by atoms with Crippen molar-refractivity contribution in [1.29, 1.82) is 0 Å². The molecule has 1 atom stereocenters. The standard InChI is InChI=1S/C17H28N4O2/c1-13-11-16(21(19-13)14-7-4-3-5-8-14)18-17(22)20-10-6-9-15(12-20)23-2/h11,14-15H,3-10,12H2,1-2H3,(H,18,22)/t15-/m0/s1. The first kappa shape index (κ1) is 16.3. The Hall–Kier alpha value is -1.56. The van der Waals surface area contributed by atoms with E-state index in [2.05, 4.69) is 10.4 Å². The largest absolute Gasteiger partial charge is 0.380 e. The van der Waals surface area contributed by atoms with Crippen LogP contribution in [0.5, 0.6) is 0 Å². The first-order valence-corrected chi connectivity index (χ1v) is 8.82. The third kappa shape index (κ3) is 3.86. The molecule has 0 spiro atoms. The Morgan fingerprint density at radius 3 is 2.78 bits per heavy atom. The minimum atomic E-state index is -0.0382. The molecule has 1 N–H and O–H groups in total. The minimum Gasteiger partial charge on any atom is -0.380 e. The Labute approximate surface area is 138 Å². The van der Waals surface area contributed by atoms with Crippen molar-refractivity contribution >= 4 is 11.8 Å². The van der Waals surface area contributed by atoms with Gasteiger partial charge >= 0.3 is 6.03 Å². The fourth-order valence-corrected chi connectivity index (χ4v) is 3.72. The molecule has 128 valence electrons. The quantitative estimate of drug-likeness (QED) is 0.929. The number of likely N-dealkylation sites (tertiary alicyclic amines) is 1. The number of piperidine rings is 1. The van der Waals surface area contributed by atoms with Gasteiger partial charge in [-0.25, -0.2) is 9.48 Å². The fourth-order valence-electron chi connectivity index (χ4n) is 3.72. The summed E-state index contributed by atoms with van der Waals surface area (Å²) in [6.45, 7) is 3.44. The van der Waals surface area contributed by atoms with Crippen molar-refractivity contribution < 1.29 is 9.53 Å². The van der Waals surface area contributed by atoms with E-state index in [1.807, 2.05) is 22.6 Å². The normalized spacial score (nSPS) is 23.0. The van der Waals surface area contributed by atoms with Crippen LogP contribution in [0.1, 0.15) is 56.7 Å². The molecule has 0 aromatic carbocycles. The molecule has 1 aliphatic carbocycles. The van der Waals surface area contributed by atoms with E-state index in [0.29, 0.717) is 12.6 Å². The van der Waals surface area contributed by atoms with Crippen LogP contribution in [0.2, 0.25) is 0 Å². The van der Waals surface area contributed by atoms with E-state index in [1.54, 1.807) is 7.11 Å². The second-order valence-corrected chi connectivity index (χ2v) is 6.78. The molecule has 0 bridgehead atoms. The van der Waals surface area contributed by atoms with Gasteiger partial charge in [0.2, 0.25) is 0 Å². The summed E-state index contributed by atoms with van der Waals surface area (Å²) in [4.78, 5) is 14.4. The van der Waals surface area contributed by atoms with Crippen molar-refractivity contribution in [3.05, 3.63) is 11.8 Å². The van der Waals surface area contributed by atoms with Crippen LogP contribution < -0.4 is 5.32 Å². The highest BCUT2D eigenvalue weighted by molar-refractivity contribution is 5.88. The van der Waals surface area contributed by atoms with Crippen molar-refractivity contribution in [1.82, 2.24) is 14.7 Å². The molecule has 3 rings (SSSR count). The summed E-state index contributed by atoms with van der Waals surface area (Å²) in [6.07, 6.45) is 8.28. The average Bonchev–Trinajstić information content (AvgIpc) is 2.96. The number of urea groups is 1. The van der Waals surface area contributed by atoms with Crippen LogP contribution in [0.25, 0.3) is 0 Å². The Bertz CT molecular complexity index is 537. The number of aryl methyl sites for hydroxylation is 1. The minimum absolute atomic E-state index is 0.0382. The molecular formula is C17H28N4O2. The number of anilines is 1. The van der Waals surface area contributed by atoms with E-state index >= 15 is 0 Å². The number of hydrogen-bond acceptors (Lipinski definition) is 3. The number of carbonyl (C=O) groups excluding carboxylic acids is 1. The van der Waals surface area contributed by atoms with Crippen LogP contribution in [-0.2, 0) is 4.74 Å². The molecule has 1 saturated heterocycles. The number of methoxy groups -OCH3 is 1. The Morgan fingerprint density at radius 2 is 2.04 bits per heavy atom. The molecule has 2 heterocycles. The third-order valence-electron chi connectivity index (χ3n) is 5.01. The van der Waals surface area contributed by atoms with E-state index in [0.717, 1.165) is 43.7 Å².